The van der Waals surface area contributed by atoms with Crippen molar-refractivity contribution in [3.63, 3.8) is 0 Å². The van der Waals surface area contributed by atoms with Gasteiger partial charge in [0.1, 0.15) is 4.32 Å². The minimum Gasteiger partial charge on any atom is -0.311 e. The largest absolute Gasteiger partial charge is 0.311 e. The van der Waals surface area contributed by atoms with Crippen molar-refractivity contribution in [2.75, 3.05) is 6.54 Å². The standard InChI is InChI=1S/C26H36N4O5S2/c1-16(2)13-20(19(24(33)29-35)12-8-11-18-9-6-5-7-10-18)23(32)28-30(15-17(3)4)22(31)14-21-25(34)27-26(36)37-21/h5-11,16-17,19-21,35H,12-15H2,1-4H3,(H,28,32)(H,29,33)(H,27,34,36)/t19-,20+,21?/m0/s1. The van der Waals surface area contributed by atoms with Gasteiger partial charge in [-0.1, -0.05) is 94.2 Å². The first-order valence-electron chi connectivity index (χ1n) is 12.3. The van der Waals surface area contributed by atoms with Crippen molar-refractivity contribution in [1.29, 1.82) is 0 Å². The van der Waals surface area contributed by atoms with E-state index in [1.807, 2.05) is 64.1 Å². The summed E-state index contributed by atoms with van der Waals surface area (Å²) in [4.78, 5) is 51.4. The van der Waals surface area contributed by atoms with Crippen LogP contribution in [-0.4, -0.2) is 50.0 Å². The molecule has 1 heterocycles. The maximum Gasteiger partial charge on any atom is 0.247 e. The van der Waals surface area contributed by atoms with E-state index in [0.29, 0.717) is 10.7 Å². The van der Waals surface area contributed by atoms with Crippen molar-refractivity contribution in [3.05, 3.63) is 42.0 Å². The number of benzene rings is 1. The lowest BCUT2D eigenvalue weighted by Gasteiger charge is -2.31. The van der Waals surface area contributed by atoms with E-state index in [9.17, 15) is 24.4 Å². The Hall–Kier alpha value is -2.76. The van der Waals surface area contributed by atoms with Crippen LogP contribution in [-0.2, 0) is 19.2 Å². The van der Waals surface area contributed by atoms with Gasteiger partial charge in [0, 0.05) is 13.0 Å². The second kappa shape index (κ2) is 14.8. The van der Waals surface area contributed by atoms with E-state index in [0.717, 1.165) is 17.3 Å². The van der Waals surface area contributed by atoms with Gasteiger partial charge in [0.05, 0.1) is 17.1 Å². The smallest absolute Gasteiger partial charge is 0.247 e. The third-order valence-electron chi connectivity index (χ3n) is 5.72. The first-order chi connectivity index (χ1) is 17.5. The molecule has 2 rings (SSSR count). The number of amides is 4. The zero-order valence-corrected chi connectivity index (χ0v) is 23.2. The van der Waals surface area contributed by atoms with Gasteiger partial charge in [-0.3, -0.25) is 34.8 Å². The molecule has 9 nitrogen and oxygen atoms in total. The molecule has 4 amide bonds. The highest BCUT2D eigenvalue weighted by Crippen LogP contribution is 2.26. The van der Waals surface area contributed by atoms with Crippen molar-refractivity contribution in [1.82, 2.24) is 21.2 Å². The average Bonchev–Trinajstić information content (AvgIpc) is 3.16. The Morgan fingerprint density at radius 3 is 2.32 bits per heavy atom. The van der Waals surface area contributed by atoms with Crippen LogP contribution in [0, 0.1) is 23.7 Å². The topological polar surface area (TPSA) is 128 Å². The van der Waals surface area contributed by atoms with E-state index in [-0.39, 0.29) is 37.1 Å². The van der Waals surface area contributed by atoms with E-state index in [1.165, 1.54) is 5.01 Å². The highest BCUT2D eigenvalue weighted by atomic mass is 32.2. The first kappa shape index (κ1) is 30.5. The Morgan fingerprint density at radius 1 is 1.11 bits per heavy atom. The fourth-order valence-electron chi connectivity index (χ4n) is 4.00. The normalized spacial score (nSPS) is 17.1. The summed E-state index contributed by atoms with van der Waals surface area (Å²) in [7, 11) is 0. The van der Waals surface area contributed by atoms with Crippen LogP contribution in [0.25, 0.3) is 6.08 Å². The van der Waals surface area contributed by atoms with Gasteiger partial charge in [-0.05, 0) is 30.2 Å². The number of thiocarbonyl (C=S) groups is 1. The van der Waals surface area contributed by atoms with Gasteiger partial charge < -0.3 is 5.32 Å². The molecule has 1 aromatic carbocycles. The molecule has 0 saturated carbocycles. The van der Waals surface area contributed by atoms with Crippen LogP contribution in [0.15, 0.2) is 36.4 Å². The van der Waals surface area contributed by atoms with E-state index >= 15 is 0 Å². The minimum absolute atomic E-state index is 0.0317. The van der Waals surface area contributed by atoms with Gasteiger partial charge in [-0.15, -0.1) is 0 Å². The van der Waals surface area contributed by atoms with Crippen LogP contribution >= 0.6 is 24.0 Å². The fourth-order valence-corrected chi connectivity index (χ4v) is 5.26. The summed E-state index contributed by atoms with van der Waals surface area (Å²) < 4.78 is 0.320. The van der Waals surface area contributed by atoms with Crippen LogP contribution in [0.3, 0.4) is 0 Å². The number of carbonyl (C=O) groups excluding carboxylic acids is 4. The monoisotopic (exact) mass is 548 g/mol. The van der Waals surface area contributed by atoms with Gasteiger partial charge in [-0.2, -0.15) is 0 Å². The molecule has 1 fully saturated rings. The predicted molar refractivity (Wildman–Crippen MR) is 148 cm³/mol. The molecule has 1 saturated heterocycles. The number of nitrogens with one attached hydrogen (secondary N) is 3. The van der Waals surface area contributed by atoms with Crippen molar-refractivity contribution >= 4 is 58.0 Å². The molecule has 0 aromatic heterocycles. The Morgan fingerprint density at radius 2 is 1.78 bits per heavy atom. The van der Waals surface area contributed by atoms with Gasteiger partial charge in [0.2, 0.25) is 23.6 Å². The average molecular weight is 549 g/mol. The van der Waals surface area contributed by atoms with E-state index in [4.69, 9.17) is 12.2 Å². The fraction of sp³-hybridized carbons (Fsp3) is 0.500. The molecule has 1 aromatic rings. The van der Waals surface area contributed by atoms with E-state index < -0.39 is 34.8 Å². The zero-order chi connectivity index (χ0) is 27.5. The van der Waals surface area contributed by atoms with E-state index in [1.54, 1.807) is 11.6 Å². The molecule has 1 aliphatic heterocycles. The Balaban J connectivity index is 2.23. The lowest BCUT2D eigenvalue weighted by Crippen LogP contribution is -2.52. The highest BCUT2D eigenvalue weighted by Gasteiger charge is 2.36. The van der Waals surface area contributed by atoms with Crippen molar-refractivity contribution in [2.45, 2.75) is 52.2 Å². The summed E-state index contributed by atoms with van der Waals surface area (Å²) in [6.07, 6.45) is 4.10. The molecule has 11 heteroatoms. The second-order valence-corrected chi connectivity index (χ2v) is 11.7. The SMILES string of the molecule is CC(C)C[C@@H](C(=O)NN(CC(C)C)C(=O)CC1SC(=S)NC1=O)[C@H](CC=Cc1ccccc1)C(=O)NO. The van der Waals surface area contributed by atoms with Crippen molar-refractivity contribution in [2.24, 2.45) is 23.7 Å². The molecular formula is C26H36N4O5S2. The summed E-state index contributed by atoms with van der Waals surface area (Å²) in [5, 5.41) is 12.5. The second-order valence-electron chi connectivity index (χ2n) is 9.83. The number of carbonyl (C=O) groups is 4. The van der Waals surface area contributed by atoms with Crippen LogP contribution in [0.1, 0.15) is 52.5 Å². The quantitative estimate of drug-likeness (QED) is 0.179. The number of hydroxylamine groups is 1. The van der Waals surface area contributed by atoms with Crippen LogP contribution in [0.5, 0.6) is 0 Å². The number of nitrogens with zero attached hydrogens (tertiary/aromatic N) is 1. The molecule has 0 aliphatic carbocycles. The Bertz CT molecular complexity index is 1000. The molecule has 1 aliphatic rings. The number of allylic oxidation sites excluding steroid dienone is 1. The maximum absolute atomic E-state index is 13.5. The third kappa shape index (κ3) is 9.90. The Kier molecular flexibility index (Phi) is 12.2. The molecule has 37 heavy (non-hydrogen) atoms. The summed E-state index contributed by atoms with van der Waals surface area (Å²) in [6, 6.07) is 9.53. The number of thioether (sulfide) groups is 1. The van der Waals surface area contributed by atoms with E-state index in [2.05, 4.69) is 10.7 Å². The molecule has 4 N–H and O–H groups in total. The van der Waals surface area contributed by atoms with Crippen LogP contribution in [0.2, 0.25) is 0 Å². The number of hydrogen-bond donors (Lipinski definition) is 4. The molecule has 3 atom stereocenters. The van der Waals surface area contributed by atoms with Gasteiger partial charge >= 0.3 is 0 Å². The first-order valence-corrected chi connectivity index (χ1v) is 13.6. The minimum atomic E-state index is -0.864. The summed E-state index contributed by atoms with van der Waals surface area (Å²) in [6.45, 7) is 7.90. The number of rotatable bonds is 12. The van der Waals surface area contributed by atoms with Crippen molar-refractivity contribution in [3.8, 4) is 0 Å². The predicted octanol–water partition coefficient (Wildman–Crippen LogP) is 3.30. The van der Waals surface area contributed by atoms with Crippen LogP contribution < -0.4 is 16.2 Å². The highest BCUT2D eigenvalue weighted by molar-refractivity contribution is 8.24. The third-order valence-corrected chi connectivity index (χ3v) is 7.09. The molecule has 0 radical (unpaired) electrons. The van der Waals surface area contributed by atoms with Crippen molar-refractivity contribution < 1.29 is 24.4 Å². The lowest BCUT2D eigenvalue weighted by atomic mass is 9.82. The molecule has 0 bridgehead atoms. The zero-order valence-electron chi connectivity index (χ0n) is 21.6. The maximum atomic E-state index is 13.5. The van der Waals surface area contributed by atoms with Gasteiger partial charge in [0.25, 0.3) is 0 Å². The van der Waals surface area contributed by atoms with Gasteiger partial charge in [0.15, 0.2) is 0 Å². The molecule has 0 spiro atoms. The van der Waals surface area contributed by atoms with Gasteiger partial charge in [-0.25, -0.2) is 5.48 Å². The molecule has 202 valence electrons. The summed E-state index contributed by atoms with van der Waals surface area (Å²) >= 11 is 6.12. The molecular weight excluding hydrogens is 512 g/mol. The number of hydrogen-bond acceptors (Lipinski definition) is 7. The van der Waals surface area contributed by atoms with Crippen LogP contribution in [0.4, 0.5) is 0 Å². The molecule has 1 unspecified atom stereocenters. The number of hydrazine groups is 1. The summed E-state index contributed by atoms with van der Waals surface area (Å²) in [5.74, 6) is -3.50. The summed E-state index contributed by atoms with van der Waals surface area (Å²) in [5.41, 5.74) is 5.34. The Labute approximate surface area is 227 Å². The lowest BCUT2D eigenvalue weighted by molar-refractivity contribution is -0.148.